The summed E-state index contributed by atoms with van der Waals surface area (Å²) in [4.78, 5) is 28.1. The molecule has 0 aliphatic carbocycles. The van der Waals surface area contributed by atoms with Crippen LogP contribution in [0.4, 0.5) is 0 Å². The van der Waals surface area contributed by atoms with Crippen LogP contribution in [0.3, 0.4) is 0 Å². The molecule has 0 spiro atoms. The molecule has 1 saturated heterocycles. The minimum Gasteiger partial charge on any atom is -0.386 e. The molecule has 7 atom stereocenters. The van der Waals surface area contributed by atoms with Crippen LogP contribution in [0.15, 0.2) is 30.3 Å². The summed E-state index contributed by atoms with van der Waals surface area (Å²) in [6.07, 6.45) is 2.59. The Kier molecular flexibility index (Phi) is 11.5. The molecule has 0 radical (unpaired) electrons. The van der Waals surface area contributed by atoms with E-state index in [1.54, 1.807) is 21.1 Å². The average Bonchev–Trinajstić information content (AvgIpc) is 3.33. The van der Waals surface area contributed by atoms with Gasteiger partial charge in [0.1, 0.15) is 0 Å². The Morgan fingerprint density at radius 1 is 1.15 bits per heavy atom. The highest BCUT2D eigenvalue weighted by Gasteiger charge is 2.40. The number of methoxy groups -OCH3 is 2. The predicted octanol–water partition coefficient (Wildman–Crippen LogP) is 3.71. The van der Waals surface area contributed by atoms with E-state index >= 15 is 0 Å². The maximum absolute atomic E-state index is 13.2. The van der Waals surface area contributed by atoms with E-state index in [4.69, 9.17) is 9.47 Å². The highest BCUT2D eigenvalue weighted by molar-refractivity contribution is 5.80. The predicted molar refractivity (Wildman–Crippen MR) is 133 cm³/mol. The number of likely N-dealkylation sites (tertiary alicyclic amines) is 1. The summed E-state index contributed by atoms with van der Waals surface area (Å²) in [5.74, 6) is -0.122. The fraction of sp³-hybridized carbons (Fsp3) is 0.704. The van der Waals surface area contributed by atoms with Crippen molar-refractivity contribution < 1.29 is 24.2 Å². The summed E-state index contributed by atoms with van der Waals surface area (Å²) in [5.41, 5.74) is 0.754. The molecule has 1 fully saturated rings. The first-order chi connectivity index (χ1) is 16.2. The van der Waals surface area contributed by atoms with Gasteiger partial charge in [-0.05, 0) is 37.7 Å². The number of hydrogen-bond donors (Lipinski definition) is 2. The van der Waals surface area contributed by atoms with E-state index in [0.29, 0.717) is 18.9 Å². The van der Waals surface area contributed by atoms with Crippen molar-refractivity contribution in [2.75, 3.05) is 20.8 Å². The van der Waals surface area contributed by atoms with Crippen LogP contribution in [0.2, 0.25) is 0 Å². The summed E-state index contributed by atoms with van der Waals surface area (Å²) in [5, 5.41) is 13.6. The molecule has 2 N–H and O–H groups in total. The number of benzene rings is 1. The smallest absolute Gasteiger partial charge is 0.225 e. The Morgan fingerprint density at radius 3 is 2.41 bits per heavy atom. The highest BCUT2D eigenvalue weighted by Crippen LogP contribution is 2.28. The summed E-state index contributed by atoms with van der Waals surface area (Å²) >= 11 is 0. The zero-order chi connectivity index (χ0) is 25.3. The van der Waals surface area contributed by atoms with Crippen LogP contribution in [-0.4, -0.2) is 66.9 Å². The number of carbonyl (C=O) groups excluding carboxylic acids is 2. The molecule has 1 heterocycles. The topological polar surface area (TPSA) is 88.1 Å². The van der Waals surface area contributed by atoms with E-state index in [1.165, 1.54) is 0 Å². The van der Waals surface area contributed by atoms with E-state index in [-0.39, 0.29) is 24.0 Å². The first-order valence-corrected chi connectivity index (χ1v) is 12.6. The van der Waals surface area contributed by atoms with Crippen molar-refractivity contribution in [2.45, 2.75) is 90.2 Å². The highest BCUT2D eigenvalue weighted by atomic mass is 16.5. The second-order valence-corrected chi connectivity index (χ2v) is 9.75. The van der Waals surface area contributed by atoms with Crippen molar-refractivity contribution in [3.8, 4) is 0 Å². The fourth-order valence-electron chi connectivity index (χ4n) is 4.85. The van der Waals surface area contributed by atoms with Gasteiger partial charge in [-0.1, -0.05) is 57.5 Å². The lowest BCUT2D eigenvalue weighted by molar-refractivity contribution is -0.142. The lowest BCUT2D eigenvalue weighted by atomic mass is 9.93. The third kappa shape index (κ3) is 7.52. The van der Waals surface area contributed by atoms with Crippen molar-refractivity contribution >= 4 is 11.8 Å². The van der Waals surface area contributed by atoms with Gasteiger partial charge in [0.2, 0.25) is 11.8 Å². The van der Waals surface area contributed by atoms with Gasteiger partial charge in [0.15, 0.2) is 0 Å². The SMILES string of the molecule is CCC(C)CC(CC(=O)N1CCCC1C(OC)C(C)C(=O)NC(C)C(O)c1ccccc1)OC. The van der Waals surface area contributed by atoms with Crippen molar-refractivity contribution in [3.63, 3.8) is 0 Å². The third-order valence-corrected chi connectivity index (χ3v) is 7.26. The summed E-state index contributed by atoms with van der Waals surface area (Å²) in [6.45, 7) is 8.60. The average molecular weight is 477 g/mol. The molecule has 1 aromatic carbocycles. The second-order valence-electron chi connectivity index (χ2n) is 9.75. The molecular formula is C27H44N2O5. The van der Waals surface area contributed by atoms with Crippen LogP contribution in [0.25, 0.3) is 0 Å². The van der Waals surface area contributed by atoms with Crippen LogP contribution in [0, 0.1) is 11.8 Å². The Bertz CT molecular complexity index is 759. The molecular weight excluding hydrogens is 432 g/mol. The molecule has 1 aliphatic rings. The molecule has 2 rings (SSSR count). The van der Waals surface area contributed by atoms with Crippen LogP contribution in [0.5, 0.6) is 0 Å². The minimum atomic E-state index is -0.806. The van der Waals surface area contributed by atoms with Crippen molar-refractivity contribution in [1.29, 1.82) is 0 Å². The largest absolute Gasteiger partial charge is 0.386 e. The van der Waals surface area contributed by atoms with Gasteiger partial charge in [0.05, 0.1) is 42.7 Å². The van der Waals surface area contributed by atoms with E-state index in [1.807, 2.05) is 42.2 Å². The lowest BCUT2D eigenvalue weighted by Gasteiger charge is -2.35. The molecule has 0 aromatic heterocycles. The molecule has 1 aliphatic heterocycles. The van der Waals surface area contributed by atoms with Crippen LogP contribution in [-0.2, 0) is 19.1 Å². The van der Waals surface area contributed by atoms with Gasteiger partial charge in [-0.25, -0.2) is 0 Å². The zero-order valence-electron chi connectivity index (χ0n) is 21.7. The molecule has 192 valence electrons. The number of aliphatic hydroxyl groups is 1. The van der Waals surface area contributed by atoms with E-state index in [9.17, 15) is 14.7 Å². The van der Waals surface area contributed by atoms with Gasteiger partial charge in [-0.15, -0.1) is 0 Å². The molecule has 0 saturated carbocycles. The number of nitrogens with zero attached hydrogens (tertiary/aromatic N) is 1. The number of amides is 2. The number of hydrogen-bond acceptors (Lipinski definition) is 5. The number of aliphatic hydroxyl groups excluding tert-OH is 1. The third-order valence-electron chi connectivity index (χ3n) is 7.26. The standard InChI is InChI=1S/C27H44N2O5/c1-7-18(2)16-22(33-5)17-24(30)29-15-11-14-23(29)26(34-6)19(3)27(32)28-20(4)25(31)21-12-9-8-10-13-21/h8-10,12-13,18-20,22-23,25-26,31H,7,11,14-17H2,1-6H3,(H,28,32). The zero-order valence-corrected chi connectivity index (χ0v) is 21.7. The van der Waals surface area contributed by atoms with Gasteiger partial charge in [-0.3, -0.25) is 9.59 Å². The minimum absolute atomic E-state index is 0.0557. The van der Waals surface area contributed by atoms with Crippen LogP contribution >= 0.6 is 0 Å². The summed E-state index contributed by atoms with van der Waals surface area (Å²) in [7, 11) is 3.26. The first-order valence-electron chi connectivity index (χ1n) is 12.6. The Hall–Kier alpha value is -1.96. The second kappa shape index (κ2) is 13.8. The van der Waals surface area contributed by atoms with E-state index in [0.717, 1.165) is 31.2 Å². The fourth-order valence-corrected chi connectivity index (χ4v) is 4.85. The Labute approximate surface area is 205 Å². The van der Waals surface area contributed by atoms with Gasteiger partial charge >= 0.3 is 0 Å². The number of carbonyl (C=O) groups is 2. The number of rotatable bonds is 13. The maximum Gasteiger partial charge on any atom is 0.225 e. The van der Waals surface area contributed by atoms with Crippen molar-refractivity contribution in [2.24, 2.45) is 11.8 Å². The molecule has 7 heteroatoms. The summed E-state index contributed by atoms with van der Waals surface area (Å²) < 4.78 is 11.4. The van der Waals surface area contributed by atoms with Crippen LogP contribution < -0.4 is 5.32 Å². The molecule has 0 bridgehead atoms. The van der Waals surface area contributed by atoms with E-state index < -0.39 is 24.2 Å². The Balaban J connectivity index is 2.02. The van der Waals surface area contributed by atoms with Crippen LogP contribution in [0.1, 0.15) is 71.5 Å². The quantitative estimate of drug-likeness (QED) is 0.453. The maximum atomic E-state index is 13.2. The van der Waals surface area contributed by atoms with Gasteiger partial charge < -0.3 is 24.8 Å². The molecule has 34 heavy (non-hydrogen) atoms. The number of ether oxygens (including phenoxy) is 2. The molecule has 2 amide bonds. The van der Waals surface area contributed by atoms with Crippen molar-refractivity contribution in [1.82, 2.24) is 10.2 Å². The normalized spacial score (nSPS) is 21.4. The summed E-state index contributed by atoms with van der Waals surface area (Å²) in [6, 6.07) is 8.67. The van der Waals surface area contributed by atoms with Gasteiger partial charge in [0.25, 0.3) is 0 Å². The number of nitrogens with one attached hydrogen (secondary N) is 1. The lowest BCUT2D eigenvalue weighted by Crippen LogP contribution is -2.51. The van der Waals surface area contributed by atoms with E-state index in [2.05, 4.69) is 19.2 Å². The Morgan fingerprint density at radius 2 is 1.82 bits per heavy atom. The van der Waals surface area contributed by atoms with Gasteiger partial charge in [0, 0.05) is 20.8 Å². The first kappa shape index (κ1) is 28.3. The molecule has 1 aromatic rings. The molecule has 7 nitrogen and oxygen atoms in total. The monoisotopic (exact) mass is 476 g/mol. The molecule has 7 unspecified atom stereocenters. The van der Waals surface area contributed by atoms with Gasteiger partial charge in [-0.2, -0.15) is 0 Å². The van der Waals surface area contributed by atoms with Crippen molar-refractivity contribution in [3.05, 3.63) is 35.9 Å².